The van der Waals surface area contributed by atoms with Gasteiger partial charge in [0.05, 0.1) is 12.8 Å². The number of urea groups is 1. The summed E-state index contributed by atoms with van der Waals surface area (Å²) in [4.78, 5) is 30.9. The van der Waals surface area contributed by atoms with Crippen molar-refractivity contribution in [1.29, 1.82) is 0 Å². The van der Waals surface area contributed by atoms with Gasteiger partial charge in [0.25, 0.3) is 5.56 Å². The Hall–Kier alpha value is -2.84. The fourth-order valence-corrected chi connectivity index (χ4v) is 5.76. The second-order valence-corrected chi connectivity index (χ2v) is 9.65. The number of hydrogen-bond acceptors (Lipinski definition) is 5. The zero-order valence-corrected chi connectivity index (χ0v) is 19.4. The summed E-state index contributed by atoms with van der Waals surface area (Å²) >= 11 is 0. The Morgan fingerprint density at radius 1 is 1.00 bits per heavy atom. The maximum atomic E-state index is 13.3. The number of hydrogen-bond donors (Lipinski definition) is 2. The van der Waals surface area contributed by atoms with Gasteiger partial charge in [-0.2, -0.15) is 0 Å². The van der Waals surface area contributed by atoms with E-state index in [2.05, 4.69) is 27.5 Å². The highest BCUT2D eigenvalue weighted by atomic mass is 16.5. The van der Waals surface area contributed by atoms with Crippen molar-refractivity contribution in [3.8, 4) is 5.75 Å². The van der Waals surface area contributed by atoms with E-state index in [0.29, 0.717) is 35.0 Å². The van der Waals surface area contributed by atoms with E-state index in [1.807, 2.05) is 22.8 Å². The Balaban J connectivity index is 1.30. The molecule has 1 aromatic heterocycles. The molecule has 33 heavy (non-hydrogen) atoms. The first-order chi connectivity index (χ1) is 16.0. The molecule has 176 valence electrons. The minimum Gasteiger partial charge on any atom is -0.495 e. The number of ether oxygens (including phenoxy) is 1. The molecule has 4 heterocycles. The van der Waals surface area contributed by atoms with Crippen LogP contribution in [0.2, 0.25) is 0 Å². The normalized spacial score (nSPS) is 23.6. The van der Waals surface area contributed by atoms with Gasteiger partial charge in [0.1, 0.15) is 11.4 Å². The first-order valence-electron chi connectivity index (χ1n) is 11.9. The number of aromatic nitrogens is 1. The van der Waals surface area contributed by atoms with Crippen LogP contribution in [-0.2, 0) is 6.54 Å². The minimum absolute atomic E-state index is 0.120. The van der Waals surface area contributed by atoms with Crippen LogP contribution in [0.25, 0.3) is 0 Å². The van der Waals surface area contributed by atoms with Gasteiger partial charge < -0.3 is 24.8 Å². The Morgan fingerprint density at radius 3 is 2.55 bits per heavy atom. The van der Waals surface area contributed by atoms with Gasteiger partial charge in [-0.15, -0.1) is 0 Å². The molecule has 2 amide bonds. The Bertz CT molecular complexity index is 1080. The van der Waals surface area contributed by atoms with Crippen molar-refractivity contribution < 1.29 is 9.53 Å². The lowest BCUT2D eigenvalue weighted by molar-refractivity contribution is 0.0517. The van der Waals surface area contributed by atoms with E-state index in [1.165, 1.54) is 25.9 Å². The summed E-state index contributed by atoms with van der Waals surface area (Å²) in [6.45, 7) is 5.13. The van der Waals surface area contributed by atoms with Crippen molar-refractivity contribution in [2.45, 2.75) is 37.8 Å². The lowest BCUT2D eigenvalue weighted by Crippen LogP contribution is -2.53. The van der Waals surface area contributed by atoms with Crippen LogP contribution in [0.15, 0.2) is 41.2 Å². The van der Waals surface area contributed by atoms with Crippen LogP contribution in [0.4, 0.5) is 16.2 Å². The van der Waals surface area contributed by atoms with Crippen LogP contribution in [0, 0.1) is 5.92 Å². The third kappa shape index (κ3) is 4.50. The second-order valence-electron chi connectivity index (χ2n) is 9.65. The molecule has 5 rings (SSSR count). The van der Waals surface area contributed by atoms with E-state index in [4.69, 9.17) is 4.74 Å². The van der Waals surface area contributed by atoms with Crippen LogP contribution >= 0.6 is 0 Å². The van der Waals surface area contributed by atoms with Crippen LogP contribution in [0.3, 0.4) is 0 Å². The molecule has 2 bridgehead atoms. The lowest BCUT2D eigenvalue weighted by atomic mass is 9.82. The van der Waals surface area contributed by atoms with Crippen LogP contribution < -0.4 is 20.9 Å². The quantitative estimate of drug-likeness (QED) is 0.747. The number of para-hydroxylation sites is 2. The topological polar surface area (TPSA) is 78.8 Å². The van der Waals surface area contributed by atoms with Crippen molar-refractivity contribution in [2.75, 3.05) is 51.0 Å². The molecule has 8 nitrogen and oxygen atoms in total. The number of pyridine rings is 1. The number of nitrogens with one attached hydrogen (secondary N) is 2. The van der Waals surface area contributed by atoms with Gasteiger partial charge in [0.2, 0.25) is 0 Å². The molecule has 2 aromatic rings. The predicted molar refractivity (Wildman–Crippen MR) is 129 cm³/mol. The van der Waals surface area contributed by atoms with Crippen molar-refractivity contribution in [3.63, 3.8) is 0 Å². The van der Waals surface area contributed by atoms with Gasteiger partial charge in [-0.1, -0.05) is 12.1 Å². The van der Waals surface area contributed by atoms with Crippen LogP contribution in [0.1, 0.15) is 30.9 Å². The first kappa shape index (κ1) is 22.0. The van der Waals surface area contributed by atoms with Crippen molar-refractivity contribution in [2.24, 2.45) is 5.92 Å². The molecule has 0 spiro atoms. The van der Waals surface area contributed by atoms with E-state index < -0.39 is 6.03 Å². The lowest BCUT2D eigenvalue weighted by Gasteiger charge is -2.47. The highest BCUT2D eigenvalue weighted by Gasteiger charge is 2.37. The number of likely N-dealkylation sites (tertiary alicyclic amines) is 2. The Kier molecular flexibility index (Phi) is 6.12. The van der Waals surface area contributed by atoms with Gasteiger partial charge in [-0.05, 0) is 69.6 Å². The van der Waals surface area contributed by atoms with Crippen molar-refractivity contribution in [3.05, 3.63) is 52.4 Å². The molecular weight excluding hydrogens is 418 g/mol. The number of nitrogens with zero attached hydrogens (tertiary/aromatic N) is 3. The number of amides is 2. The van der Waals surface area contributed by atoms with Gasteiger partial charge >= 0.3 is 6.03 Å². The number of benzene rings is 1. The minimum atomic E-state index is -0.457. The molecule has 2 fully saturated rings. The zero-order valence-electron chi connectivity index (χ0n) is 19.4. The molecule has 0 radical (unpaired) electrons. The van der Waals surface area contributed by atoms with Crippen molar-refractivity contribution in [1.82, 2.24) is 14.4 Å². The summed E-state index contributed by atoms with van der Waals surface area (Å²) in [5, 5.41) is 5.51. The second kappa shape index (κ2) is 9.19. The number of carbonyl (C=O) groups excluding carboxylic acids is 1. The van der Waals surface area contributed by atoms with Crippen LogP contribution in [-0.4, -0.2) is 66.8 Å². The van der Waals surface area contributed by atoms with Gasteiger partial charge in [0, 0.05) is 37.3 Å². The van der Waals surface area contributed by atoms with E-state index in [-0.39, 0.29) is 5.56 Å². The van der Waals surface area contributed by atoms with E-state index in [0.717, 1.165) is 31.7 Å². The largest absolute Gasteiger partial charge is 0.495 e. The molecular formula is C25H33N5O3. The number of piperidine rings is 2. The molecule has 0 saturated carbocycles. The van der Waals surface area contributed by atoms with Gasteiger partial charge in [-0.3, -0.25) is 9.69 Å². The van der Waals surface area contributed by atoms with Gasteiger partial charge in [-0.25, -0.2) is 4.79 Å². The summed E-state index contributed by atoms with van der Waals surface area (Å²) in [6, 6.07) is 11.2. The molecule has 1 aromatic carbocycles. The number of fused-ring (bicyclic) bond motifs is 4. The molecule has 2 N–H and O–H groups in total. The van der Waals surface area contributed by atoms with Crippen molar-refractivity contribution >= 4 is 17.4 Å². The average molecular weight is 452 g/mol. The number of rotatable bonds is 4. The smallest absolute Gasteiger partial charge is 0.323 e. The molecule has 8 heteroatoms. The fourth-order valence-electron chi connectivity index (χ4n) is 5.76. The van der Waals surface area contributed by atoms with Crippen LogP contribution in [0.5, 0.6) is 5.75 Å². The summed E-state index contributed by atoms with van der Waals surface area (Å²) in [5.74, 6) is 1.42. The summed E-state index contributed by atoms with van der Waals surface area (Å²) in [6.07, 6.45) is 3.60. The molecule has 2 saturated heterocycles. The number of methoxy groups -OCH3 is 1. The summed E-state index contributed by atoms with van der Waals surface area (Å²) < 4.78 is 7.17. The number of anilines is 2. The maximum absolute atomic E-state index is 13.3. The monoisotopic (exact) mass is 451 g/mol. The zero-order chi connectivity index (χ0) is 22.9. The molecule has 0 unspecified atom stereocenters. The third-order valence-corrected chi connectivity index (χ3v) is 7.44. The predicted octanol–water partition coefficient (Wildman–Crippen LogP) is 3.01. The Labute approximate surface area is 194 Å². The fraction of sp³-hybridized carbons (Fsp3) is 0.520. The SMILES string of the molecule is COc1ccccc1NC(=O)Nc1ccc2n(c1=O)C[C@@H]1C[C@@H]2CN(C2CCN(C)CC2)C1. The first-order valence-corrected chi connectivity index (χ1v) is 11.9. The maximum Gasteiger partial charge on any atom is 0.323 e. The van der Waals surface area contributed by atoms with Gasteiger partial charge in [0.15, 0.2) is 0 Å². The number of carbonyl (C=O) groups is 1. The van der Waals surface area contributed by atoms with E-state index in [9.17, 15) is 9.59 Å². The summed E-state index contributed by atoms with van der Waals surface area (Å²) in [7, 11) is 3.76. The molecule has 0 aliphatic carbocycles. The standard InChI is InChI=1S/C25H33N5O3/c1-28-11-9-19(10-12-28)29-14-17-13-18(16-29)22-8-7-21(24(31)30(22)15-17)27-25(32)26-20-5-3-4-6-23(20)33-2/h3-8,17-19H,9-16H2,1-2H3,(H2,26,27,32)/t17-,18-/m1/s1. The molecule has 2 atom stereocenters. The summed E-state index contributed by atoms with van der Waals surface area (Å²) in [5.41, 5.74) is 1.84. The average Bonchev–Trinajstić information content (AvgIpc) is 2.82. The highest BCUT2D eigenvalue weighted by molar-refractivity contribution is 6.00. The third-order valence-electron chi connectivity index (χ3n) is 7.44. The van der Waals surface area contributed by atoms with E-state index >= 15 is 0 Å². The highest BCUT2D eigenvalue weighted by Crippen LogP contribution is 2.37. The van der Waals surface area contributed by atoms with E-state index in [1.54, 1.807) is 25.3 Å². The molecule has 3 aliphatic heterocycles. The Morgan fingerprint density at radius 2 is 1.76 bits per heavy atom. The molecule has 3 aliphatic rings.